The Bertz CT molecular complexity index is 1220. The molecule has 3 aromatic rings. The van der Waals surface area contributed by atoms with Crippen molar-refractivity contribution in [2.24, 2.45) is 0 Å². The van der Waals surface area contributed by atoms with Crippen LogP contribution in [0.4, 0.5) is 19.0 Å². The van der Waals surface area contributed by atoms with Crippen LogP contribution in [0, 0.1) is 0 Å². The summed E-state index contributed by atoms with van der Waals surface area (Å²) in [5, 5.41) is 0.952. The summed E-state index contributed by atoms with van der Waals surface area (Å²) < 4.78 is 44.2. The molecular formula is C23H22ClF3N4O2. The Hall–Kier alpha value is -2.91. The molecule has 1 aromatic carbocycles. The number of hydrogen-bond donors (Lipinski definition) is 1. The summed E-state index contributed by atoms with van der Waals surface area (Å²) >= 11 is 6.47. The second-order valence-electron chi connectivity index (χ2n) is 7.94. The molecule has 1 amide bonds. The molecule has 1 atom stereocenters. The van der Waals surface area contributed by atoms with Gasteiger partial charge in [-0.15, -0.1) is 0 Å². The number of nitrogens with zero attached hydrogens (tertiary/aromatic N) is 3. The van der Waals surface area contributed by atoms with Crippen LogP contribution in [0.2, 0.25) is 5.02 Å². The van der Waals surface area contributed by atoms with Crippen molar-refractivity contribution in [2.45, 2.75) is 45.7 Å². The Balaban J connectivity index is 1.72. The van der Waals surface area contributed by atoms with E-state index in [-0.39, 0.29) is 16.5 Å². The molecule has 4 rings (SSSR count). The van der Waals surface area contributed by atoms with E-state index in [4.69, 9.17) is 22.1 Å². The quantitative estimate of drug-likeness (QED) is 0.521. The highest BCUT2D eigenvalue weighted by molar-refractivity contribution is 6.34. The van der Waals surface area contributed by atoms with Gasteiger partial charge in [0.05, 0.1) is 46.6 Å². The maximum Gasteiger partial charge on any atom is 0.417 e. The zero-order valence-electron chi connectivity index (χ0n) is 18.0. The minimum absolute atomic E-state index is 0.215. The van der Waals surface area contributed by atoms with Crippen molar-refractivity contribution < 1.29 is 22.7 Å². The van der Waals surface area contributed by atoms with Crippen molar-refractivity contribution in [2.75, 3.05) is 12.3 Å². The molecule has 6 nitrogen and oxygen atoms in total. The van der Waals surface area contributed by atoms with Crippen molar-refractivity contribution in [3.63, 3.8) is 0 Å². The van der Waals surface area contributed by atoms with Gasteiger partial charge in [0.2, 0.25) is 0 Å². The fourth-order valence-corrected chi connectivity index (χ4v) is 4.24. The Kier molecular flexibility index (Phi) is 6.20. The van der Waals surface area contributed by atoms with Gasteiger partial charge in [-0.05, 0) is 43.2 Å². The molecule has 0 spiro atoms. The summed E-state index contributed by atoms with van der Waals surface area (Å²) in [7, 11) is 0. The van der Waals surface area contributed by atoms with Crippen LogP contribution in [0.3, 0.4) is 0 Å². The largest absolute Gasteiger partial charge is 0.417 e. The number of carbonyl (C=O) groups is 1. The van der Waals surface area contributed by atoms with E-state index in [2.05, 4.69) is 9.97 Å². The summed E-state index contributed by atoms with van der Waals surface area (Å²) in [6, 6.07) is 4.99. The number of ether oxygens (including phenoxy) is 1. The summed E-state index contributed by atoms with van der Waals surface area (Å²) in [5.41, 5.74) is 8.06. The molecule has 174 valence electrons. The van der Waals surface area contributed by atoms with E-state index in [1.54, 1.807) is 24.0 Å². The van der Waals surface area contributed by atoms with Crippen molar-refractivity contribution in [3.05, 3.63) is 63.4 Å². The lowest BCUT2D eigenvalue weighted by molar-refractivity contribution is -0.137. The van der Waals surface area contributed by atoms with Crippen molar-refractivity contribution in [1.29, 1.82) is 0 Å². The van der Waals surface area contributed by atoms with E-state index >= 15 is 0 Å². The maximum atomic E-state index is 13.6. The standard InChI is InChI=1S/C23H22ClF3N4O2/c1-3-6-31(12(2)19-5-4-13(9-29-19)23(25,26)27)22(32)15-7-14-16-10-33-11-17(16)21(28)30-20(14)8-18(15)24/h4-5,7-9,12H,3,6,10-11H2,1-2H3,(H2,28,30)/t12-/m1/s1. The number of halogens is 4. The molecule has 3 heterocycles. The highest BCUT2D eigenvalue weighted by Gasteiger charge is 2.32. The van der Waals surface area contributed by atoms with E-state index in [0.717, 1.165) is 28.8 Å². The number of hydrogen-bond acceptors (Lipinski definition) is 5. The average molecular weight is 479 g/mol. The fraction of sp³-hybridized carbons (Fsp3) is 0.348. The summed E-state index contributed by atoms with van der Waals surface area (Å²) in [6.07, 6.45) is -3.06. The molecule has 1 aliphatic rings. The van der Waals surface area contributed by atoms with Gasteiger partial charge in [0.1, 0.15) is 5.82 Å². The van der Waals surface area contributed by atoms with Crippen LogP contribution in [0.1, 0.15) is 59.1 Å². The Morgan fingerprint density at radius 1 is 1.27 bits per heavy atom. The van der Waals surface area contributed by atoms with Gasteiger partial charge in [-0.25, -0.2) is 4.98 Å². The molecule has 0 radical (unpaired) electrons. The first-order valence-corrected chi connectivity index (χ1v) is 10.8. The van der Waals surface area contributed by atoms with E-state index in [0.29, 0.717) is 43.2 Å². The third-order valence-corrected chi connectivity index (χ3v) is 6.10. The number of aromatic nitrogens is 2. The number of amides is 1. The smallest absolute Gasteiger partial charge is 0.383 e. The van der Waals surface area contributed by atoms with Gasteiger partial charge in [-0.3, -0.25) is 9.78 Å². The minimum Gasteiger partial charge on any atom is -0.383 e. The summed E-state index contributed by atoms with van der Waals surface area (Å²) in [5.74, 6) is 0.0298. The number of carbonyl (C=O) groups excluding carboxylic acids is 1. The Morgan fingerprint density at radius 3 is 2.64 bits per heavy atom. The Labute approximate surface area is 193 Å². The van der Waals surface area contributed by atoms with Gasteiger partial charge in [0, 0.05) is 23.7 Å². The maximum absolute atomic E-state index is 13.6. The summed E-state index contributed by atoms with van der Waals surface area (Å²) in [6.45, 7) is 4.73. The number of nitrogen functional groups attached to an aromatic ring is 1. The predicted molar refractivity (Wildman–Crippen MR) is 119 cm³/mol. The molecule has 10 heteroatoms. The first-order valence-electron chi connectivity index (χ1n) is 10.4. The molecule has 0 unspecified atom stereocenters. The topological polar surface area (TPSA) is 81.3 Å². The van der Waals surface area contributed by atoms with Crippen molar-refractivity contribution in [1.82, 2.24) is 14.9 Å². The van der Waals surface area contributed by atoms with Crippen molar-refractivity contribution >= 4 is 34.2 Å². The fourth-order valence-electron chi connectivity index (χ4n) is 4.00. The second-order valence-corrected chi connectivity index (χ2v) is 8.35. The molecule has 0 saturated heterocycles. The van der Waals surface area contributed by atoms with Gasteiger partial charge >= 0.3 is 6.18 Å². The summed E-state index contributed by atoms with van der Waals surface area (Å²) in [4.78, 5) is 23.5. The van der Waals surface area contributed by atoms with Gasteiger partial charge in [0.25, 0.3) is 5.91 Å². The number of nitrogens with two attached hydrogens (primary N) is 1. The van der Waals surface area contributed by atoms with Crippen LogP contribution in [0.15, 0.2) is 30.5 Å². The number of alkyl halides is 3. The zero-order chi connectivity index (χ0) is 23.9. The number of fused-ring (bicyclic) bond motifs is 3. The monoisotopic (exact) mass is 478 g/mol. The first kappa shape index (κ1) is 23.3. The molecule has 0 fully saturated rings. The van der Waals surface area contributed by atoms with Crippen molar-refractivity contribution in [3.8, 4) is 0 Å². The van der Waals surface area contributed by atoms with Gasteiger partial charge in [0.15, 0.2) is 0 Å². The number of benzene rings is 1. The van der Waals surface area contributed by atoms with Crippen LogP contribution in [-0.4, -0.2) is 27.3 Å². The number of anilines is 1. The lowest BCUT2D eigenvalue weighted by atomic mass is 10.0. The molecule has 2 aromatic heterocycles. The van der Waals surface area contributed by atoms with E-state index < -0.39 is 17.8 Å². The highest BCUT2D eigenvalue weighted by Crippen LogP contribution is 2.35. The highest BCUT2D eigenvalue weighted by atomic mass is 35.5. The predicted octanol–water partition coefficient (Wildman–Crippen LogP) is 5.53. The first-order chi connectivity index (χ1) is 15.6. The van der Waals surface area contributed by atoms with E-state index in [1.165, 1.54) is 6.07 Å². The SMILES string of the molecule is CCCN(C(=O)c1cc2c3c(c(N)nc2cc1Cl)COC3)[C@H](C)c1ccc(C(F)(F)F)cn1. The molecule has 2 N–H and O–H groups in total. The van der Waals surface area contributed by atoms with Crippen LogP contribution < -0.4 is 5.73 Å². The normalized spacial score (nSPS) is 14.4. The van der Waals surface area contributed by atoms with Crippen LogP contribution in [0.25, 0.3) is 10.9 Å². The van der Waals surface area contributed by atoms with Gasteiger partial charge in [-0.2, -0.15) is 13.2 Å². The average Bonchev–Trinajstić information content (AvgIpc) is 3.27. The molecule has 1 aliphatic heterocycles. The molecule has 0 saturated carbocycles. The van der Waals surface area contributed by atoms with Gasteiger partial charge in [-0.1, -0.05) is 18.5 Å². The lowest BCUT2D eigenvalue weighted by Gasteiger charge is -2.29. The third kappa shape index (κ3) is 4.35. The zero-order valence-corrected chi connectivity index (χ0v) is 18.8. The van der Waals surface area contributed by atoms with E-state index in [1.807, 2.05) is 6.92 Å². The van der Waals surface area contributed by atoms with Crippen LogP contribution >= 0.6 is 11.6 Å². The third-order valence-electron chi connectivity index (χ3n) is 5.78. The minimum atomic E-state index is -4.48. The molecule has 0 bridgehead atoms. The molecular weight excluding hydrogens is 457 g/mol. The lowest BCUT2D eigenvalue weighted by Crippen LogP contribution is -2.35. The van der Waals surface area contributed by atoms with Crippen LogP contribution in [-0.2, 0) is 24.1 Å². The van der Waals surface area contributed by atoms with Crippen LogP contribution in [0.5, 0.6) is 0 Å². The number of pyridine rings is 2. The Morgan fingerprint density at radius 2 is 2.00 bits per heavy atom. The molecule has 0 aliphatic carbocycles. The number of rotatable bonds is 5. The molecule has 33 heavy (non-hydrogen) atoms. The second kappa shape index (κ2) is 8.79. The van der Waals surface area contributed by atoms with E-state index in [9.17, 15) is 18.0 Å². The van der Waals surface area contributed by atoms with Gasteiger partial charge < -0.3 is 15.4 Å².